The zero-order valence-electron chi connectivity index (χ0n) is 15.2. The summed E-state index contributed by atoms with van der Waals surface area (Å²) in [5, 5.41) is 0.411. The average Bonchev–Trinajstić information content (AvgIpc) is 3.20. The van der Waals surface area contributed by atoms with Gasteiger partial charge in [0.15, 0.2) is 5.76 Å². The summed E-state index contributed by atoms with van der Waals surface area (Å²) in [7, 11) is 1.40. The molecule has 0 radical (unpaired) electrons. The van der Waals surface area contributed by atoms with Crippen LogP contribution in [0.1, 0.15) is 26.7 Å². The number of hydrazine groups is 1. The monoisotopic (exact) mass is 418 g/mol. The largest absolute Gasteiger partial charge is 0.496 e. The minimum atomic E-state index is -0.653. The van der Waals surface area contributed by atoms with Crippen LogP contribution >= 0.6 is 11.6 Å². The Kier molecular flexibility index (Phi) is 6.36. The highest BCUT2D eigenvalue weighted by atomic mass is 35.5. The Balaban J connectivity index is 1.55. The second kappa shape index (κ2) is 9.11. The van der Waals surface area contributed by atoms with Gasteiger partial charge < -0.3 is 13.9 Å². The molecule has 0 aliphatic rings. The first-order valence-electron chi connectivity index (χ1n) is 8.37. The number of hydrogen-bond donors (Lipinski definition) is 2. The van der Waals surface area contributed by atoms with E-state index in [-0.39, 0.29) is 29.5 Å². The molecule has 0 spiro atoms. The Morgan fingerprint density at radius 3 is 2.48 bits per heavy atom. The molecule has 150 valence electrons. The zero-order chi connectivity index (χ0) is 20.8. The third kappa shape index (κ3) is 5.26. The van der Waals surface area contributed by atoms with Gasteiger partial charge in [0.05, 0.1) is 12.7 Å². The molecule has 7 nitrogen and oxygen atoms in total. The van der Waals surface area contributed by atoms with Crippen molar-refractivity contribution in [3.63, 3.8) is 0 Å². The Morgan fingerprint density at radius 1 is 1.03 bits per heavy atom. The van der Waals surface area contributed by atoms with Crippen LogP contribution in [-0.2, 0) is 6.61 Å². The number of furan rings is 1. The van der Waals surface area contributed by atoms with Crippen molar-refractivity contribution in [1.82, 2.24) is 10.9 Å². The van der Waals surface area contributed by atoms with E-state index in [1.54, 1.807) is 6.07 Å². The first kappa shape index (κ1) is 20.2. The third-order valence-corrected chi connectivity index (χ3v) is 4.01. The lowest BCUT2D eigenvalue weighted by atomic mass is 10.2. The van der Waals surface area contributed by atoms with Crippen LogP contribution in [0.15, 0.2) is 59.0 Å². The first-order valence-corrected chi connectivity index (χ1v) is 8.75. The maximum atomic E-state index is 12.9. The molecule has 0 aliphatic heterocycles. The summed E-state index contributed by atoms with van der Waals surface area (Å²) in [6.07, 6.45) is 0. The van der Waals surface area contributed by atoms with E-state index < -0.39 is 11.8 Å². The molecule has 0 fully saturated rings. The van der Waals surface area contributed by atoms with Gasteiger partial charge in [-0.05, 0) is 54.6 Å². The molecular formula is C20H16ClFN2O5. The molecule has 0 aliphatic carbocycles. The van der Waals surface area contributed by atoms with Gasteiger partial charge in [0, 0.05) is 5.02 Å². The van der Waals surface area contributed by atoms with Gasteiger partial charge in [-0.25, -0.2) is 4.39 Å². The lowest BCUT2D eigenvalue weighted by Gasteiger charge is -2.10. The number of nitrogens with one attached hydrogen (secondary N) is 2. The maximum Gasteiger partial charge on any atom is 0.305 e. The first-order chi connectivity index (χ1) is 14.0. The minimum absolute atomic E-state index is 0.0222. The molecule has 1 heterocycles. The second-order valence-electron chi connectivity index (χ2n) is 5.76. The molecule has 0 bridgehead atoms. The summed E-state index contributed by atoms with van der Waals surface area (Å²) in [4.78, 5) is 24.4. The number of benzene rings is 2. The van der Waals surface area contributed by atoms with Gasteiger partial charge in [-0.3, -0.25) is 20.4 Å². The van der Waals surface area contributed by atoms with Gasteiger partial charge in [0.1, 0.15) is 29.7 Å². The van der Waals surface area contributed by atoms with E-state index in [1.165, 1.54) is 55.6 Å². The van der Waals surface area contributed by atoms with Crippen molar-refractivity contribution >= 4 is 23.4 Å². The molecule has 0 unspecified atom stereocenters. The highest BCUT2D eigenvalue weighted by molar-refractivity contribution is 6.30. The second-order valence-corrected chi connectivity index (χ2v) is 6.20. The number of ether oxygens (including phenoxy) is 2. The van der Waals surface area contributed by atoms with Crippen molar-refractivity contribution in [2.75, 3.05) is 7.11 Å². The molecule has 2 amide bonds. The maximum absolute atomic E-state index is 12.9. The fourth-order valence-corrected chi connectivity index (χ4v) is 2.52. The Bertz CT molecular complexity index is 1020. The minimum Gasteiger partial charge on any atom is -0.496 e. The lowest BCUT2D eigenvalue weighted by Crippen LogP contribution is -2.41. The van der Waals surface area contributed by atoms with Crippen molar-refractivity contribution in [3.8, 4) is 11.5 Å². The Morgan fingerprint density at radius 2 is 1.76 bits per heavy atom. The van der Waals surface area contributed by atoms with E-state index in [9.17, 15) is 14.0 Å². The molecular weight excluding hydrogens is 403 g/mol. The number of rotatable bonds is 6. The van der Waals surface area contributed by atoms with Crippen molar-refractivity contribution in [1.29, 1.82) is 0 Å². The molecule has 3 rings (SSSR count). The number of amides is 2. The highest BCUT2D eigenvalue weighted by Gasteiger charge is 2.16. The smallest absolute Gasteiger partial charge is 0.305 e. The molecule has 9 heteroatoms. The number of halogens is 2. The van der Waals surface area contributed by atoms with Gasteiger partial charge in [0.25, 0.3) is 5.91 Å². The topological polar surface area (TPSA) is 89.8 Å². The highest BCUT2D eigenvalue weighted by Crippen LogP contribution is 2.22. The summed E-state index contributed by atoms with van der Waals surface area (Å²) in [6.45, 7) is 0.0489. The van der Waals surface area contributed by atoms with Gasteiger partial charge in [-0.2, -0.15) is 0 Å². The summed E-state index contributed by atoms with van der Waals surface area (Å²) in [5.41, 5.74) is 4.73. The van der Waals surface area contributed by atoms with E-state index in [0.717, 1.165) is 0 Å². The van der Waals surface area contributed by atoms with Crippen molar-refractivity contribution in [2.45, 2.75) is 6.61 Å². The fourth-order valence-electron chi connectivity index (χ4n) is 2.36. The molecule has 0 saturated heterocycles. The lowest BCUT2D eigenvalue weighted by molar-refractivity contribution is 0.0827. The van der Waals surface area contributed by atoms with Crippen LogP contribution in [0.2, 0.25) is 5.02 Å². The van der Waals surface area contributed by atoms with E-state index in [1.807, 2.05) is 0 Å². The number of carbonyl (C=O) groups is 2. The van der Waals surface area contributed by atoms with Crippen LogP contribution in [0.5, 0.6) is 11.5 Å². The standard InChI is InChI=1S/C20H16ClFN2O5/c1-27-18-10-12(21)2-8-16(18)19(25)23-24-20(26)17-9-7-15(29-17)11-28-14-5-3-13(22)4-6-14/h2-10H,11H2,1H3,(H,23,25)(H,24,26). The Labute approximate surface area is 170 Å². The van der Waals surface area contributed by atoms with Crippen LogP contribution in [0, 0.1) is 5.82 Å². The molecule has 2 aromatic carbocycles. The van der Waals surface area contributed by atoms with Crippen LogP contribution in [0.25, 0.3) is 0 Å². The number of methoxy groups -OCH3 is 1. The van der Waals surface area contributed by atoms with E-state index in [2.05, 4.69) is 10.9 Å². The van der Waals surface area contributed by atoms with E-state index in [0.29, 0.717) is 16.5 Å². The fraction of sp³-hybridized carbons (Fsp3) is 0.100. The summed E-state index contributed by atoms with van der Waals surface area (Å²) in [5.74, 6) is -0.526. The Hall–Kier alpha value is -3.52. The molecule has 3 aromatic rings. The zero-order valence-corrected chi connectivity index (χ0v) is 16.0. The van der Waals surface area contributed by atoms with E-state index in [4.69, 9.17) is 25.5 Å². The van der Waals surface area contributed by atoms with Gasteiger partial charge >= 0.3 is 5.91 Å². The van der Waals surface area contributed by atoms with Crippen LogP contribution < -0.4 is 20.3 Å². The van der Waals surface area contributed by atoms with Crippen molar-refractivity contribution < 1.29 is 27.9 Å². The van der Waals surface area contributed by atoms with Gasteiger partial charge in [-0.15, -0.1) is 0 Å². The van der Waals surface area contributed by atoms with Crippen molar-refractivity contribution in [2.24, 2.45) is 0 Å². The molecule has 2 N–H and O–H groups in total. The van der Waals surface area contributed by atoms with Crippen LogP contribution in [0.3, 0.4) is 0 Å². The van der Waals surface area contributed by atoms with Crippen molar-refractivity contribution in [3.05, 3.63) is 82.5 Å². The molecule has 29 heavy (non-hydrogen) atoms. The normalized spacial score (nSPS) is 10.3. The summed E-state index contributed by atoms with van der Waals surface area (Å²) < 4.78 is 28.8. The molecule has 1 aromatic heterocycles. The van der Waals surface area contributed by atoms with E-state index >= 15 is 0 Å². The number of carbonyl (C=O) groups excluding carboxylic acids is 2. The third-order valence-electron chi connectivity index (χ3n) is 3.78. The van der Waals surface area contributed by atoms with Crippen LogP contribution in [-0.4, -0.2) is 18.9 Å². The predicted octanol–water partition coefficient (Wildman–Crippen LogP) is 3.73. The summed E-state index contributed by atoms with van der Waals surface area (Å²) >= 11 is 5.86. The average molecular weight is 419 g/mol. The van der Waals surface area contributed by atoms with Gasteiger partial charge in [0.2, 0.25) is 0 Å². The quantitative estimate of drug-likeness (QED) is 0.595. The SMILES string of the molecule is COc1cc(Cl)ccc1C(=O)NNC(=O)c1ccc(COc2ccc(F)cc2)o1. The number of hydrogen-bond acceptors (Lipinski definition) is 5. The molecule has 0 saturated carbocycles. The summed E-state index contributed by atoms with van der Waals surface area (Å²) in [6, 6.07) is 13.0. The van der Waals surface area contributed by atoms with Gasteiger partial charge in [-0.1, -0.05) is 11.6 Å². The predicted molar refractivity (Wildman–Crippen MR) is 102 cm³/mol. The molecule has 0 atom stereocenters. The van der Waals surface area contributed by atoms with Crippen LogP contribution in [0.4, 0.5) is 4.39 Å².